The van der Waals surface area contributed by atoms with Gasteiger partial charge in [0.05, 0.1) is 11.3 Å². The van der Waals surface area contributed by atoms with Gasteiger partial charge in [-0.05, 0) is 12.1 Å². The van der Waals surface area contributed by atoms with E-state index in [2.05, 4.69) is 10.9 Å². The molecular weight excluding hydrogens is 206 g/mol. The van der Waals surface area contributed by atoms with Crippen LogP contribution in [0.2, 0.25) is 0 Å². The van der Waals surface area contributed by atoms with Crippen LogP contribution in [-0.2, 0) is 6.61 Å². The number of nitrogens with zero attached hydrogens (tertiary/aromatic N) is 1. The highest BCUT2D eigenvalue weighted by molar-refractivity contribution is 7.08. The van der Waals surface area contributed by atoms with Crippen molar-refractivity contribution in [1.29, 1.82) is 0 Å². The Labute approximate surface area is 92.6 Å². The van der Waals surface area contributed by atoms with Crippen molar-refractivity contribution in [3.63, 3.8) is 0 Å². The van der Waals surface area contributed by atoms with Crippen molar-refractivity contribution >= 4 is 11.3 Å². The van der Waals surface area contributed by atoms with Crippen molar-refractivity contribution in [1.82, 2.24) is 4.98 Å². The standard InChI is InChI=1S/C12H9NOS/c1-2-10-8-15-9-12(10)14-7-11-5-3-4-6-13-11/h1,3-6,8-9H,7H2. The number of hydrogen-bond donors (Lipinski definition) is 0. The normalized spacial score (nSPS) is 9.53. The number of ether oxygens (including phenoxy) is 1. The van der Waals surface area contributed by atoms with Crippen molar-refractivity contribution in [3.8, 4) is 18.1 Å². The van der Waals surface area contributed by atoms with Crippen LogP contribution in [0, 0.1) is 12.3 Å². The van der Waals surface area contributed by atoms with Gasteiger partial charge in [-0.2, -0.15) is 0 Å². The van der Waals surface area contributed by atoms with E-state index in [0.717, 1.165) is 17.0 Å². The third-order valence-electron chi connectivity index (χ3n) is 1.88. The molecule has 2 nitrogen and oxygen atoms in total. The predicted molar refractivity (Wildman–Crippen MR) is 60.8 cm³/mol. The maximum absolute atomic E-state index is 5.56. The zero-order valence-corrected chi connectivity index (χ0v) is 8.83. The number of aromatic nitrogens is 1. The van der Waals surface area contributed by atoms with Gasteiger partial charge >= 0.3 is 0 Å². The molecule has 0 aromatic carbocycles. The van der Waals surface area contributed by atoms with Crippen LogP contribution in [0.25, 0.3) is 0 Å². The molecule has 0 unspecified atom stereocenters. The summed E-state index contributed by atoms with van der Waals surface area (Å²) in [7, 11) is 0. The summed E-state index contributed by atoms with van der Waals surface area (Å²) >= 11 is 1.54. The van der Waals surface area contributed by atoms with Gasteiger partial charge in [0.25, 0.3) is 0 Å². The minimum absolute atomic E-state index is 0.451. The zero-order valence-electron chi connectivity index (χ0n) is 8.01. The van der Waals surface area contributed by atoms with Crippen LogP contribution < -0.4 is 4.74 Å². The van der Waals surface area contributed by atoms with Crippen LogP contribution in [-0.4, -0.2) is 4.98 Å². The largest absolute Gasteiger partial charge is 0.485 e. The summed E-state index contributed by atoms with van der Waals surface area (Å²) < 4.78 is 5.56. The Morgan fingerprint density at radius 3 is 3.07 bits per heavy atom. The van der Waals surface area contributed by atoms with Gasteiger partial charge in [-0.3, -0.25) is 4.98 Å². The minimum Gasteiger partial charge on any atom is -0.485 e. The molecule has 0 saturated carbocycles. The number of rotatable bonds is 3. The molecule has 0 amide bonds. The molecule has 0 saturated heterocycles. The Morgan fingerprint density at radius 2 is 2.33 bits per heavy atom. The summed E-state index contributed by atoms with van der Waals surface area (Å²) in [6, 6.07) is 5.73. The van der Waals surface area contributed by atoms with E-state index in [4.69, 9.17) is 11.2 Å². The Kier molecular flexibility index (Phi) is 3.01. The maximum atomic E-state index is 5.56. The summed E-state index contributed by atoms with van der Waals surface area (Å²) in [6.45, 7) is 0.451. The predicted octanol–water partition coefficient (Wildman–Crippen LogP) is 2.70. The Morgan fingerprint density at radius 1 is 1.40 bits per heavy atom. The van der Waals surface area contributed by atoms with Crippen molar-refractivity contribution < 1.29 is 4.74 Å². The first-order valence-corrected chi connectivity index (χ1v) is 5.40. The molecule has 74 valence electrons. The third kappa shape index (κ3) is 2.36. The van der Waals surface area contributed by atoms with E-state index in [1.54, 1.807) is 6.20 Å². The first-order valence-electron chi connectivity index (χ1n) is 4.45. The molecule has 0 spiro atoms. The molecule has 2 aromatic rings. The molecule has 2 aromatic heterocycles. The van der Waals surface area contributed by atoms with Crippen LogP contribution >= 0.6 is 11.3 Å². The monoisotopic (exact) mass is 215 g/mol. The Balaban J connectivity index is 2.03. The topological polar surface area (TPSA) is 22.1 Å². The van der Waals surface area contributed by atoms with Crippen molar-refractivity contribution in [2.75, 3.05) is 0 Å². The molecule has 2 heterocycles. The zero-order chi connectivity index (χ0) is 10.5. The number of hydrogen-bond acceptors (Lipinski definition) is 3. The van der Waals surface area contributed by atoms with E-state index >= 15 is 0 Å². The average molecular weight is 215 g/mol. The van der Waals surface area contributed by atoms with Gasteiger partial charge in [0.15, 0.2) is 0 Å². The Hall–Kier alpha value is -1.79. The van der Waals surface area contributed by atoms with E-state index in [9.17, 15) is 0 Å². The fourth-order valence-electron chi connectivity index (χ4n) is 1.14. The summed E-state index contributed by atoms with van der Waals surface area (Å²) in [5.74, 6) is 3.33. The fraction of sp³-hybridized carbons (Fsp3) is 0.0833. The smallest absolute Gasteiger partial charge is 0.146 e. The SMILES string of the molecule is C#Cc1cscc1OCc1ccccn1. The molecule has 0 fully saturated rings. The fourth-order valence-corrected chi connectivity index (χ4v) is 1.84. The number of thiophene rings is 1. The minimum atomic E-state index is 0.451. The summed E-state index contributed by atoms with van der Waals surface area (Å²) in [4.78, 5) is 4.16. The molecule has 0 aliphatic heterocycles. The third-order valence-corrected chi connectivity index (χ3v) is 2.61. The van der Waals surface area contributed by atoms with Gasteiger partial charge < -0.3 is 4.74 Å². The van der Waals surface area contributed by atoms with Crippen LogP contribution in [0.15, 0.2) is 35.2 Å². The van der Waals surface area contributed by atoms with Crippen LogP contribution in [0.1, 0.15) is 11.3 Å². The summed E-state index contributed by atoms with van der Waals surface area (Å²) in [5, 5.41) is 3.80. The highest BCUT2D eigenvalue weighted by atomic mass is 32.1. The lowest BCUT2D eigenvalue weighted by molar-refractivity contribution is 0.302. The highest BCUT2D eigenvalue weighted by Crippen LogP contribution is 2.23. The van der Waals surface area contributed by atoms with E-state index in [-0.39, 0.29) is 0 Å². The average Bonchev–Trinajstić information content (AvgIpc) is 2.75. The molecule has 0 radical (unpaired) electrons. The quantitative estimate of drug-likeness (QED) is 0.734. The van der Waals surface area contributed by atoms with Gasteiger partial charge in [0.2, 0.25) is 0 Å². The lowest BCUT2D eigenvalue weighted by Gasteiger charge is -2.03. The molecular formula is C12H9NOS. The maximum Gasteiger partial charge on any atom is 0.146 e. The van der Waals surface area contributed by atoms with Crippen molar-refractivity contribution in [3.05, 3.63) is 46.4 Å². The number of pyridine rings is 1. The van der Waals surface area contributed by atoms with Gasteiger partial charge in [-0.15, -0.1) is 17.8 Å². The van der Waals surface area contributed by atoms with Gasteiger partial charge in [-0.1, -0.05) is 12.0 Å². The van der Waals surface area contributed by atoms with Crippen LogP contribution in [0.5, 0.6) is 5.75 Å². The molecule has 0 aliphatic carbocycles. The van der Waals surface area contributed by atoms with Gasteiger partial charge in [0, 0.05) is 17.0 Å². The van der Waals surface area contributed by atoms with E-state index in [1.165, 1.54) is 11.3 Å². The van der Waals surface area contributed by atoms with E-state index in [0.29, 0.717) is 6.61 Å². The first-order chi connectivity index (χ1) is 7.40. The molecule has 15 heavy (non-hydrogen) atoms. The second-order valence-corrected chi connectivity index (χ2v) is 3.65. The first kappa shape index (κ1) is 9.75. The molecule has 0 atom stereocenters. The lowest BCUT2D eigenvalue weighted by atomic mass is 10.3. The second kappa shape index (κ2) is 4.63. The van der Waals surface area contributed by atoms with E-state index < -0.39 is 0 Å². The molecule has 0 aliphatic rings. The van der Waals surface area contributed by atoms with Crippen molar-refractivity contribution in [2.45, 2.75) is 6.61 Å². The van der Waals surface area contributed by atoms with E-state index in [1.807, 2.05) is 29.0 Å². The molecule has 0 bridgehead atoms. The molecule has 3 heteroatoms. The Bertz CT molecular complexity index is 470. The molecule has 2 rings (SSSR count). The number of terminal acetylenes is 1. The summed E-state index contributed by atoms with van der Waals surface area (Å²) in [5.41, 5.74) is 1.70. The van der Waals surface area contributed by atoms with Gasteiger partial charge in [-0.25, -0.2) is 0 Å². The lowest BCUT2D eigenvalue weighted by Crippen LogP contribution is -1.97. The second-order valence-electron chi connectivity index (χ2n) is 2.90. The summed E-state index contributed by atoms with van der Waals surface area (Å²) in [6.07, 6.45) is 7.07. The highest BCUT2D eigenvalue weighted by Gasteiger charge is 2.02. The van der Waals surface area contributed by atoms with Crippen molar-refractivity contribution in [2.24, 2.45) is 0 Å². The van der Waals surface area contributed by atoms with Crippen LogP contribution in [0.3, 0.4) is 0 Å². The van der Waals surface area contributed by atoms with Gasteiger partial charge in [0.1, 0.15) is 12.4 Å². The van der Waals surface area contributed by atoms with Crippen LogP contribution in [0.4, 0.5) is 0 Å². The molecule has 0 N–H and O–H groups in total.